The van der Waals surface area contributed by atoms with Gasteiger partial charge in [0.25, 0.3) is 0 Å². The molecule has 2 aliphatic rings. The number of hydrogen-bond acceptors (Lipinski definition) is 8. The van der Waals surface area contributed by atoms with Gasteiger partial charge in [0.2, 0.25) is 11.9 Å². The van der Waals surface area contributed by atoms with Gasteiger partial charge in [-0.1, -0.05) is 41.5 Å². The maximum atomic E-state index is 12.5. The molecular formula is C48H52F6N6O6. The van der Waals surface area contributed by atoms with Crippen molar-refractivity contribution in [3.63, 3.8) is 0 Å². The number of carboxylic acids is 2. The molecule has 0 unspecified atom stereocenters. The number of imidazole rings is 2. The lowest BCUT2D eigenvalue weighted by Crippen LogP contribution is -2.29. The predicted octanol–water partition coefficient (Wildman–Crippen LogP) is 13.5. The van der Waals surface area contributed by atoms with Crippen LogP contribution in [0.1, 0.15) is 113 Å². The van der Waals surface area contributed by atoms with E-state index in [1.165, 1.54) is 60.7 Å². The molecule has 12 nitrogen and oxygen atoms in total. The number of nitrogens with one attached hydrogen (secondary N) is 2. The summed E-state index contributed by atoms with van der Waals surface area (Å²) < 4.78 is 86.7. The third-order valence-corrected chi connectivity index (χ3v) is 12.0. The lowest BCUT2D eigenvalue weighted by molar-refractivity contribution is -0.275. The number of benzene rings is 4. The second-order valence-corrected chi connectivity index (χ2v) is 19.2. The van der Waals surface area contributed by atoms with E-state index in [0.717, 1.165) is 38.5 Å². The third kappa shape index (κ3) is 11.7. The maximum absolute atomic E-state index is 12.5. The number of fused-ring (bicyclic) bond motifs is 2. The summed E-state index contributed by atoms with van der Waals surface area (Å²) in [7, 11) is 0. The van der Waals surface area contributed by atoms with Crippen LogP contribution in [0, 0.1) is 22.7 Å². The molecule has 352 valence electrons. The number of aromatic nitrogens is 4. The maximum Gasteiger partial charge on any atom is 0.573 e. The van der Waals surface area contributed by atoms with Crippen molar-refractivity contribution in [1.29, 1.82) is 0 Å². The van der Waals surface area contributed by atoms with Crippen LogP contribution in [0.3, 0.4) is 0 Å². The van der Waals surface area contributed by atoms with Crippen LogP contribution in [-0.4, -0.2) is 54.0 Å². The topological polar surface area (TPSA) is 153 Å². The van der Waals surface area contributed by atoms with Gasteiger partial charge in [-0.15, -0.1) is 26.3 Å². The van der Waals surface area contributed by atoms with Gasteiger partial charge in [-0.3, -0.25) is 0 Å². The van der Waals surface area contributed by atoms with E-state index in [-0.39, 0.29) is 45.5 Å². The zero-order chi connectivity index (χ0) is 47.9. The highest BCUT2D eigenvalue weighted by Gasteiger charge is 2.37. The molecule has 2 aliphatic carbocycles. The summed E-state index contributed by atoms with van der Waals surface area (Å²) in [5, 5.41) is 25.4. The van der Waals surface area contributed by atoms with Crippen LogP contribution in [0.15, 0.2) is 84.9 Å². The van der Waals surface area contributed by atoms with Crippen molar-refractivity contribution in [2.24, 2.45) is 22.7 Å². The molecule has 2 aromatic heterocycles. The Morgan fingerprint density at radius 3 is 1.24 bits per heavy atom. The van der Waals surface area contributed by atoms with Crippen LogP contribution in [0.25, 0.3) is 22.1 Å². The Bertz CT molecular complexity index is 2520. The molecule has 2 heterocycles. The van der Waals surface area contributed by atoms with E-state index in [9.17, 15) is 46.1 Å². The summed E-state index contributed by atoms with van der Waals surface area (Å²) in [6, 6.07) is 20.7. The number of anilines is 4. The highest BCUT2D eigenvalue weighted by atomic mass is 19.4. The molecular weight excluding hydrogens is 871 g/mol. The van der Waals surface area contributed by atoms with Crippen molar-refractivity contribution in [3.05, 3.63) is 96.1 Å². The van der Waals surface area contributed by atoms with Crippen molar-refractivity contribution in [2.75, 3.05) is 10.6 Å². The second kappa shape index (κ2) is 18.1. The van der Waals surface area contributed by atoms with Crippen molar-refractivity contribution in [3.8, 4) is 11.5 Å². The number of halogens is 6. The third-order valence-electron chi connectivity index (χ3n) is 12.0. The first-order chi connectivity index (χ1) is 30.8. The quantitative estimate of drug-likeness (QED) is 0.0977. The number of carboxylic acid groups (broad SMARTS) is 2. The van der Waals surface area contributed by atoms with Crippen LogP contribution in [0.4, 0.5) is 49.6 Å². The molecule has 0 spiro atoms. The number of aromatic carboxylic acids is 2. The van der Waals surface area contributed by atoms with E-state index in [4.69, 9.17) is 0 Å². The SMILES string of the molecule is C[C@@H]1C[C@H](n2c(Nc3ccc(OC(F)(F)F)cc3)nc3ccc(C(=O)O)cc32)CC(C)(C)C1.C[C@H]1C[C@@H](n2c(Nc3ccc(OC(F)(F)F)cc3)nc3ccc(C(=O)O)cc32)CC(C)(C)C1. The summed E-state index contributed by atoms with van der Waals surface area (Å²) in [6.07, 6.45) is -3.69. The highest BCUT2D eigenvalue weighted by molar-refractivity contribution is 5.94. The average Bonchev–Trinajstić information content (AvgIpc) is 3.73. The van der Waals surface area contributed by atoms with E-state index in [1.807, 2.05) is 9.13 Å². The van der Waals surface area contributed by atoms with Gasteiger partial charge in [-0.05, 0) is 146 Å². The van der Waals surface area contributed by atoms with Crippen molar-refractivity contribution >= 4 is 57.3 Å². The van der Waals surface area contributed by atoms with Gasteiger partial charge in [0.05, 0.1) is 33.2 Å². The Balaban J connectivity index is 0.000000196. The second-order valence-electron chi connectivity index (χ2n) is 19.2. The molecule has 0 amide bonds. The van der Waals surface area contributed by atoms with Gasteiger partial charge in [0.15, 0.2) is 0 Å². The predicted molar refractivity (Wildman–Crippen MR) is 238 cm³/mol. The number of hydrogen-bond donors (Lipinski definition) is 4. The van der Waals surface area contributed by atoms with Gasteiger partial charge in [-0.2, -0.15) is 0 Å². The molecule has 2 saturated carbocycles. The van der Waals surface area contributed by atoms with Crippen LogP contribution in [0.5, 0.6) is 11.5 Å². The Hall–Kier alpha value is -6.46. The van der Waals surface area contributed by atoms with Crippen molar-refractivity contribution in [1.82, 2.24) is 19.1 Å². The molecule has 6 aromatic rings. The molecule has 66 heavy (non-hydrogen) atoms. The summed E-state index contributed by atoms with van der Waals surface area (Å²) in [4.78, 5) is 32.5. The Morgan fingerprint density at radius 2 is 0.939 bits per heavy atom. The minimum absolute atomic E-state index is 0.0909. The zero-order valence-electron chi connectivity index (χ0n) is 37.2. The molecule has 0 saturated heterocycles. The number of carbonyl (C=O) groups is 2. The standard InChI is InChI=1S/2C24H26F3N3O3/c2*1-14-10-17(13-23(2,3)12-14)30-20-11-15(21(31)32)4-9-19(20)29-22(30)28-16-5-7-18(8-6-16)33-24(25,26)27/h2*4-9,11,14,17H,10,12-13H2,1-3H3,(H,28,29)(H,31,32)/t2*14-,17+/m10/s1. The van der Waals surface area contributed by atoms with Crippen LogP contribution in [-0.2, 0) is 0 Å². The Morgan fingerprint density at radius 1 is 0.591 bits per heavy atom. The lowest BCUT2D eigenvalue weighted by atomic mass is 9.70. The fourth-order valence-corrected chi connectivity index (χ4v) is 10.1. The van der Waals surface area contributed by atoms with Crippen LogP contribution >= 0.6 is 0 Å². The molecule has 0 aliphatic heterocycles. The molecule has 0 bridgehead atoms. The molecule has 0 radical (unpaired) electrons. The van der Waals surface area contributed by atoms with Crippen molar-refractivity contribution < 1.29 is 55.6 Å². The highest BCUT2D eigenvalue weighted by Crippen LogP contribution is 2.48. The molecule has 8 rings (SSSR count). The molecule has 2 fully saturated rings. The monoisotopic (exact) mass is 922 g/mol. The van der Waals surface area contributed by atoms with Crippen molar-refractivity contribution in [2.45, 2.75) is 105 Å². The number of rotatable bonds is 10. The molecule has 4 N–H and O–H groups in total. The zero-order valence-corrected chi connectivity index (χ0v) is 37.2. The smallest absolute Gasteiger partial charge is 0.478 e. The minimum atomic E-state index is -4.75. The first-order valence-electron chi connectivity index (χ1n) is 21.6. The van der Waals surface area contributed by atoms with Crippen LogP contribution < -0.4 is 20.1 Å². The van der Waals surface area contributed by atoms with E-state index < -0.39 is 24.7 Å². The fraction of sp³-hybridized carbons (Fsp3) is 0.417. The van der Waals surface area contributed by atoms with Gasteiger partial charge >= 0.3 is 24.7 Å². The molecule has 4 aromatic carbocycles. The Kier molecular flexibility index (Phi) is 13.0. The number of alkyl halides is 6. The van der Waals surface area contributed by atoms with Gasteiger partial charge < -0.3 is 39.5 Å². The van der Waals surface area contributed by atoms with E-state index in [2.05, 4.69) is 71.6 Å². The number of ether oxygens (including phenoxy) is 2. The lowest BCUT2D eigenvalue weighted by Gasteiger charge is -2.40. The van der Waals surface area contributed by atoms with Crippen LogP contribution in [0.2, 0.25) is 0 Å². The van der Waals surface area contributed by atoms with E-state index >= 15 is 0 Å². The van der Waals surface area contributed by atoms with Gasteiger partial charge in [0.1, 0.15) is 11.5 Å². The summed E-state index contributed by atoms with van der Waals surface area (Å²) in [5.41, 5.74) is 4.37. The summed E-state index contributed by atoms with van der Waals surface area (Å²) >= 11 is 0. The normalized spacial score (nSPS) is 20.5. The Labute approximate surface area is 376 Å². The first-order valence-corrected chi connectivity index (χ1v) is 21.6. The number of nitrogens with zero attached hydrogens (tertiary/aromatic N) is 4. The summed E-state index contributed by atoms with van der Waals surface area (Å²) in [5.74, 6) is -0.658. The van der Waals surface area contributed by atoms with E-state index in [0.29, 0.717) is 57.2 Å². The minimum Gasteiger partial charge on any atom is -0.478 e. The average molecular weight is 923 g/mol. The molecule has 18 heteroatoms. The van der Waals surface area contributed by atoms with Gasteiger partial charge in [-0.25, -0.2) is 19.6 Å². The van der Waals surface area contributed by atoms with Gasteiger partial charge in [0, 0.05) is 23.5 Å². The fourth-order valence-electron chi connectivity index (χ4n) is 10.1. The largest absolute Gasteiger partial charge is 0.573 e. The summed E-state index contributed by atoms with van der Waals surface area (Å²) in [6.45, 7) is 13.3. The first kappa shape index (κ1) is 47.5. The molecule has 4 atom stereocenters. The van der Waals surface area contributed by atoms with E-state index in [1.54, 1.807) is 24.3 Å².